The number of ether oxygens (including phenoxy) is 4. The minimum Gasteiger partial charge on any atom is -0.469 e. The van der Waals surface area contributed by atoms with Crippen LogP contribution in [0.25, 0.3) is 10.4 Å². The third kappa shape index (κ3) is 13.5. The average molecular weight is 981 g/mol. The van der Waals surface area contributed by atoms with E-state index in [1.54, 1.807) is 48.5 Å². The molecule has 0 spiro atoms. The number of methoxy groups -OCH3 is 2. The van der Waals surface area contributed by atoms with E-state index in [0.717, 1.165) is 51.6 Å². The molecule has 9 rings (SSSR count). The topological polar surface area (TPSA) is 186 Å². The van der Waals surface area contributed by atoms with Crippen LogP contribution in [0.15, 0.2) is 157 Å². The summed E-state index contributed by atoms with van der Waals surface area (Å²) >= 11 is 0. The third-order valence-electron chi connectivity index (χ3n) is 13.9. The molecule has 14 nitrogen and oxygen atoms in total. The van der Waals surface area contributed by atoms with E-state index in [2.05, 4.69) is 111 Å². The van der Waals surface area contributed by atoms with Gasteiger partial charge in [-0.2, -0.15) is 0 Å². The third-order valence-corrected chi connectivity index (χ3v) is 16.3. The second kappa shape index (κ2) is 26.7. The van der Waals surface area contributed by atoms with Crippen molar-refractivity contribution in [1.29, 1.82) is 0 Å². The summed E-state index contributed by atoms with van der Waals surface area (Å²) in [6.45, 7) is 2.69. The Morgan fingerprint density at radius 3 is 1.30 bits per heavy atom. The summed E-state index contributed by atoms with van der Waals surface area (Å²) in [5, 5.41) is 7.77. The molecule has 0 amide bonds. The molecule has 0 aliphatic carbocycles. The normalized spacial score (nSPS) is 23.1. The zero-order valence-electron chi connectivity index (χ0n) is 40.6. The van der Waals surface area contributed by atoms with Crippen LogP contribution in [0.2, 0.25) is 0 Å². The number of nitrogens with two attached hydrogens (primary N) is 1. The summed E-state index contributed by atoms with van der Waals surface area (Å²) < 4.78 is 21.6. The van der Waals surface area contributed by atoms with Crippen molar-refractivity contribution in [2.24, 2.45) is 22.7 Å². The highest BCUT2D eigenvalue weighted by atomic mass is 31.1. The van der Waals surface area contributed by atoms with Gasteiger partial charge < -0.3 is 24.7 Å². The SMILES string of the molecule is COC(=O)C1C(OC(=O)c2ccccc2)CC2CCC1N2CCCN.COC(=O)C1C(OC(=O)c2ccccc2)CC2CCC1N2CCCN=[N+]=[N-].c1ccc(P(c2ccccc2)c2ccccc2)cc1. The number of hydrogen-bond donors (Lipinski definition) is 1. The van der Waals surface area contributed by atoms with Crippen molar-refractivity contribution in [2.45, 2.75) is 87.7 Å². The van der Waals surface area contributed by atoms with Crippen LogP contribution in [0, 0.1) is 11.8 Å². The highest BCUT2D eigenvalue weighted by Gasteiger charge is 2.53. The molecule has 4 aliphatic heterocycles. The van der Waals surface area contributed by atoms with Gasteiger partial charge in [-0.05, 0) is 112 Å². The Morgan fingerprint density at radius 1 is 0.577 bits per heavy atom. The highest BCUT2D eigenvalue weighted by molar-refractivity contribution is 7.79. The van der Waals surface area contributed by atoms with Crippen LogP contribution in [0.4, 0.5) is 0 Å². The number of nitrogens with zero attached hydrogens (tertiary/aromatic N) is 5. The van der Waals surface area contributed by atoms with E-state index in [4.69, 9.17) is 30.2 Å². The fourth-order valence-corrected chi connectivity index (χ4v) is 13.0. The fraction of sp³-hybridized carbons (Fsp3) is 0.393. The van der Waals surface area contributed by atoms with Crippen molar-refractivity contribution in [3.05, 3.63) is 173 Å². The molecule has 8 unspecified atom stereocenters. The number of piperidine rings is 2. The maximum absolute atomic E-state index is 12.5. The van der Waals surface area contributed by atoms with Gasteiger partial charge in [-0.25, -0.2) is 9.59 Å². The fourth-order valence-electron chi connectivity index (χ4n) is 10.7. The van der Waals surface area contributed by atoms with Crippen molar-refractivity contribution in [2.75, 3.05) is 40.4 Å². The van der Waals surface area contributed by atoms with Gasteiger partial charge >= 0.3 is 23.9 Å². The quantitative estimate of drug-likeness (QED) is 0.0192. The Morgan fingerprint density at radius 2 is 0.944 bits per heavy atom. The van der Waals surface area contributed by atoms with Crippen LogP contribution in [0.3, 0.4) is 0 Å². The number of hydrogen-bond acceptors (Lipinski definition) is 12. The van der Waals surface area contributed by atoms with Crippen LogP contribution in [-0.2, 0) is 28.5 Å². The van der Waals surface area contributed by atoms with Gasteiger partial charge in [-0.1, -0.05) is 133 Å². The summed E-state index contributed by atoms with van der Waals surface area (Å²) in [6.07, 6.45) is 5.74. The maximum atomic E-state index is 12.5. The summed E-state index contributed by atoms with van der Waals surface area (Å²) in [5.41, 5.74) is 15.0. The maximum Gasteiger partial charge on any atom is 0.338 e. The number of fused-ring (bicyclic) bond motifs is 4. The Hall–Kier alpha value is -6.40. The molecular weight excluding hydrogens is 916 g/mol. The summed E-state index contributed by atoms with van der Waals surface area (Å²) in [5.74, 6) is -2.37. The molecule has 15 heteroatoms. The molecule has 4 heterocycles. The molecule has 5 aromatic rings. The zero-order valence-corrected chi connectivity index (χ0v) is 41.5. The van der Waals surface area contributed by atoms with Gasteiger partial charge in [0.25, 0.3) is 0 Å². The first-order valence-corrected chi connectivity index (χ1v) is 26.0. The molecule has 0 saturated carbocycles. The predicted molar refractivity (Wildman–Crippen MR) is 276 cm³/mol. The molecule has 4 aliphatic rings. The molecule has 71 heavy (non-hydrogen) atoms. The summed E-state index contributed by atoms with van der Waals surface area (Å²) in [6, 6.07) is 50.7. The van der Waals surface area contributed by atoms with Crippen LogP contribution in [-0.4, -0.2) is 110 Å². The number of rotatable bonds is 16. The van der Waals surface area contributed by atoms with E-state index in [1.165, 1.54) is 30.1 Å². The largest absolute Gasteiger partial charge is 0.469 e. The van der Waals surface area contributed by atoms with Crippen LogP contribution in [0.1, 0.15) is 72.1 Å². The summed E-state index contributed by atoms with van der Waals surface area (Å²) in [7, 11) is 2.31. The summed E-state index contributed by atoms with van der Waals surface area (Å²) in [4.78, 5) is 57.3. The van der Waals surface area contributed by atoms with Crippen molar-refractivity contribution in [1.82, 2.24) is 9.80 Å². The van der Waals surface area contributed by atoms with Crippen molar-refractivity contribution in [3.8, 4) is 0 Å². The van der Waals surface area contributed by atoms with Crippen molar-refractivity contribution >= 4 is 47.7 Å². The van der Waals surface area contributed by atoms with Crippen LogP contribution >= 0.6 is 7.92 Å². The lowest BCUT2D eigenvalue weighted by molar-refractivity contribution is -0.157. The molecule has 5 aromatic carbocycles. The number of azide groups is 1. The second-order valence-electron chi connectivity index (χ2n) is 18.1. The second-order valence-corrected chi connectivity index (χ2v) is 20.3. The number of carbonyl (C=O) groups excluding carboxylic acids is 4. The zero-order chi connectivity index (χ0) is 50.0. The van der Waals surface area contributed by atoms with E-state index in [-0.39, 0.29) is 36.0 Å². The Labute approximate surface area is 418 Å². The predicted octanol–water partition coefficient (Wildman–Crippen LogP) is 7.97. The molecule has 2 N–H and O–H groups in total. The smallest absolute Gasteiger partial charge is 0.338 e. The lowest BCUT2D eigenvalue weighted by Gasteiger charge is -2.42. The van der Waals surface area contributed by atoms with Gasteiger partial charge in [0.1, 0.15) is 24.0 Å². The van der Waals surface area contributed by atoms with Gasteiger partial charge in [0.15, 0.2) is 0 Å². The van der Waals surface area contributed by atoms with Gasteiger partial charge in [0, 0.05) is 48.5 Å². The van der Waals surface area contributed by atoms with Gasteiger partial charge in [-0.15, -0.1) is 0 Å². The first kappa shape index (κ1) is 52.4. The first-order chi connectivity index (χ1) is 34.8. The average Bonchev–Trinajstić information content (AvgIpc) is 3.87. The van der Waals surface area contributed by atoms with E-state index < -0.39 is 37.9 Å². The van der Waals surface area contributed by atoms with Gasteiger partial charge in [0.05, 0.1) is 25.3 Å². The number of esters is 4. The van der Waals surface area contributed by atoms with Crippen molar-refractivity contribution in [3.63, 3.8) is 0 Å². The van der Waals surface area contributed by atoms with E-state index in [9.17, 15) is 19.2 Å². The Bertz CT molecular complexity index is 2410. The lowest BCUT2D eigenvalue weighted by atomic mass is 9.87. The Balaban J connectivity index is 0.000000159. The lowest BCUT2D eigenvalue weighted by Crippen LogP contribution is -2.55. The molecule has 0 radical (unpaired) electrons. The molecular formula is C56H65N6O8P. The Kier molecular flexibility index (Phi) is 19.7. The number of carbonyl (C=O) groups is 4. The van der Waals surface area contributed by atoms with E-state index in [1.807, 2.05) is 12.1 Å². The highest BCUT2D eigenvalue weighted by Crippen LogP contribution is 2.43. The molecule has 4 fully saturated rings. The minimum absolute atomic E-state index is 0.0177. The molecule has 4 saturated heterocycles. The minimum atomic E-state index is -0.499. The molecule has 0 aromatic heterocycles. The standard InChI is InChI=1S/C19H24N4O4.C19H26N2O4.C18H15P/c1-26-19(25)17-15-9-8-14(23(15)11-5-10-21-22-20)12-16(17)27-18(24)13-6-3-2-4-7-13;1-24-19(23)17-15-9-8-14(21(15)11-5-10-20)12-16(17)25-18(22)13-6-3-2-4-7-13;1-4-10-16(11-5-1)19(17-12-6-2-7-13-17)18-14-8-3-9-15-18/h2-4,6-7,14-17H,5,8-12H2,1H3;2-4,6-7,14-17H,5,8-12,20H2,1H3;1-15H. The number of benzene rings is 5. The van der Waals surface area contributed by atoms with Gasteiger partial charge in [0.2, 0.25) is 0 Å². The van der Waals surface area contributed by atoms with Crippen LogP contribution in [0.5, 0.6) is 0 Å². The van der Waals surface area contributed by atoms with Crippen molar-refractivity contribution < 1.29 is 38.1 Å². The first-order valence-electron chi connectivity index (χ1n) is 24.6. The molecule has 8 atom stereocenters. The van der Waals surface area contributed by atoms with E-state index >= 15 is 0 Å². The van der Waals surface area contributed by atoms with Gasteiger partial charge in [-0.3, -0.25) is 19.4 Å². The molecule has 372 valence electrons. The van der Waals surface area contributed by atoms with Crippen LogP contribution < -0.4 is 21.6 Å². The molecule has 4 bridgehead atoms. The monoisotopic (exact) mass is 980 g/mol. The van der Waals surface area contributed by atoms with E-state index in [0.29, 0.717) is 43.1 Å².